The maximum atomic E-state index is 12.4. The summed E-state index contributed by atoms with van der Waals surface area (Å²) in [6, 6.07) is 9.40. The quantitative estimate of drug-likeness (QED) is 0.299. The van der Waals surface area contributed by atoms with E-state index in [0.717, 1.165) is 6.26 Å². The number of alkyl halides is 3. The monoisotopic (exact) mass is 510 g/mol. The first kappa shape index (κ1) is 25.7. The Morgan fingerprint density at radius 2 is 1.75 bits per heavy atom. The number of ether oxygens (including phenoxy) is 3. The van der Waals surface area contributed by atoms with Gasteiger partial charge in [0.15, 0.2) is 5.75 Å². The summed E-state index contributed by atoms with van der Waals surface area (Å²) in [5.41, 5.74) is 0.891. The summed E-state index contributed by atoms with van der Waals surface area (Å²) in [5, 5.41) is 8.09. The van der Waals surface area contributed by atoms with Crippen LogP contribution < -0.4 is 9.47 Å². The maximum Gasteiger partial charge on any atom is 0.426 e. The lowest BCUT2D eigenvalue weighted by molar-refractivity contribution is -0.130. The average molecular weight is 512 g/mol. The van der Waals surface area contributed by atoms with E-state index < -0.39 is 23.8 Å². The third kappa shape index (κ3) is 6.98. The standard InChI is InChI=1S/C21H16Cl3F3O5/c1-30-11-15(20(28)29)14-5-3-2-4-12(14)10-32-13-8-16(22)19(17(23)9-13)31-7-6-18(24)21(25,26)27/h2-6,8-9,11H,7,10H2,1H3,(H,28,29)/b15-11+,18-6-. The summed E-state index contributed by atoms with van der Waals surface area (Å²) < 4.78 is 52.9. The lowest BCUT2D eigenvalue weighted by Crippen LogP contribution is -2.08. The Balaban J connectivity index is 2.16. The number of carboxylic acids is 1. The van der Waals surface area contributed by atoms with E-state index in [0.29, 0.717) is 17.2 Å². The number of hydrogen-bond donors (Lipinski definition) is 1. The van der Waals surface area contributed by atoms with Gasteiger partial charge in [0.1, 0.15) is 29.6 Å². The van der Waals surface area contributed by atoms with Gasteiger partial charge in [-0.2, -0.15) is 13.2 Å². The number of benzene rings is 2. The second-order valence-electron chi connectivity index (χ2n) is 6.10. The number of methoxy groups -OCH3 is 1. The molecule has 5 nitrogen and oxygen atoms in total. The minimum atomic E-state index is -4.68. The number of carboxylic acid groups (broad SMARTS) is 1. The number of halogens is 6. The number of hydrogen-bond acceptors (Lipinski definition) is 4. The van der Waals surface area contributed by atoms with Crippen LogP contribution in [-0.4, -0.2) is 31.0 Å². The Kier molecular flexibility index (Phi) is 9.12. The van der Waals surface area contributed by atoms with Crippen molar-refractivity contribution in [3.63, 3.8) is 0 Å². The molecule has 0 aliphatic rings. The van der Waals surface area contributed by atoms with E-state index in [1.807, 2.05) is 0 Å². The van der Waals surface area contributed by atoms with E-state index in [-0.39, 0.29) is 33.7 Å². The minimum Gasteiger partial charge on any atom is -0.503 e. The second kappa shape index (κ2) is 11.4. The van der Waals surface area contributed by atoms with E-state index in [1.165, 1.54) is 19.2 Å². The topological polar surface area (TPSA) is 65.0 Å². The highest BCUT2D eigenvalue weighted by Gasteiger charge is 2.32. The van der Waals surface area contributed by atoms with Gasteiger partial charge in [0.2, 0.25) is 0 Å². The highest BCUT2D eigenvalue weighted by molar-refractivity contribution is 6.37. The Labute approximate surface area is 196 Å². The molecule has 0 aliphatic heterocycles. The molecule has 11 heteroatoms. The van der Waals surface area contributed by atoms with Gasteiger partial charge in [-0.25, -0.2) is 4.79 Å². The zero-order valence-corrected chi connectivity index (χ0v) is 18.6. The van der Waals surface area contributed by atoms with E-state index >= 15 is 0 Å². The highest BCUT2D eigenvalue weighted by atomic mass is 35.5. The Hall–Kier alpha value is -2.55. The zero-order valence-electron chi connectivity index (χ0n) is 16.4. The van der Waals surface area contributed by atoms with E-state index in [1.54, 1.807) is 24.3 Å². The molecule has 0 atom stereocenters. The molecule has 1 N–H and O–H groups in total. The normalized spacial score (nSPS) is 12.5. The van der Waals surface area contributed by atoms with Crippen molar-refractivity contribution in [3.05, 3.63) is 74.9 Å². The van der Waals surface area contributed by atoms with Crippen LogP contribution in [0.1, 0.15) is 11.1 Å². The largest absolute Gasteiger partial charge is 0.503 e. The first-order valence-corrected chi connectivity index (χ1v) is 9.90. The molecule has 0 heterocycles. The first-order valence-electron chi connectivity index (χ1n) is 8.76. The number of allylic oxidation sites excluding steroid dienone is 1. The van der Waals surface area contributed by atoms with E-state index in [2.05, 4.69) is 0 Å². The van der Waals surface area contributed by atoms with Gasteiger partial charge in [-0.15, -0.1) is 0 Å². The molecule has 0 bridgehead atoms. The lowest BCUT2D eigenvalue weighted by Gasteiger charge is -2.14. The van der Waals surface area contributed by atoms with Crippen LogP contribution in [0.4, 0.5) is 13.2 Å². The molecule has 0 spiro atoms. The molecule has 2 rings (SSSR count). The summed E-state index contributed by atoms with van der Waals surface area (Å²) in [7, 11) is 1.34. The Morgan fingerprint density at radius 3 is 2.31 bits per heavy atom. The molecular formula is C21H16Cl3F3O5. The van der Waals surface area contributed by atoms with Crippen LogP contribution in [0.5, 0.6) is 11.5 Å². The fraction of sp³-hybridized carbons (Fsp3) is 0.190. The summed E-state index contributed by atoms with van der Waals surface area (Å²) >= 11 is 17.4. The molecule has 2 aromatic carbocycles. The third-order valence-electron chi connectivity index (χ3n) is 3.90. The molecule has 0 amide bonds. The van der Waals surface area contributed by atoms with Crippen LogP contribution in [-0.2, 0) is 16.1 Å². The highest BCUT2D eigenvalue weighted by Crippen LogP contribution is 2.37. The molecule has 32 heavy (non-hydrogen) atoms. The van der Waals surface area contributed by atoms with E-state index in [9.17, 15) is 23.1 Å². The van der Waals surface area contributed by atoms with Crippen molar-refractivity contribution in [2.45, 2.75) is 12.8 Å². The van der Waals surface area contributed by atoms with Gasteiger partial charge in [0.05, 0.1) is 23.4 Å². The van der Waals surface area contributed by atoms with E-state index in [4.69, 9.17) is 49.0 Å². The number of aliphatic carboxylic acids is 1. The SMILES string of the molecule is CO/C=C(/C(=O)O)c1ccccc1COc1cc(Cl)c(OC/C=C(\Cl)C(F)(F)F)c(Cl)c1. The molecule has 0 aliphatic carbocycles. The van der Waals surface area contributed by atoms with Crippen LogP contribution in [0.25, 0.3) is 5.57 Å². The summed E-state index contributed by atoms with van der Waals surface area (Å²) in [5.74, 6) is -0.981. The van der Waals surface area contributed by atoms with Gasteiger partial charge < -0.3 is 19.3 Å². The van der Waals surface area contributed by atoms with Crippen molar-refractivity contribution in [3.8, 4) is 11.5 Å². The fourth-order valence-electron chi connectivity index (χ4n) is 2.49. The molecular weight excluding hydrogens is 496 g/mol. The van der Waals surface area contributed by atoms with Crippen molar-refractivity contribution >= 4 is 46.3 Å². The molecule has 172 valence electrons. The molecule has 2 aromatic rings. The van der Waals surface area contributed by atoms with Crippen LogP contribution in [0.2, 0.25) is 10.0 Å². The van der Waals surface area contributed by atoms with Crippen LogP contribution in [0.15, 0.2) is 53.8 Å². The zero-order chi connectivity index (χ0) is 23.9. The van der Waals surface area contributed by atoms with Gasteiger partial charge >= 0.3 is 12.1 Å². The average Bonchev–Trinajstić information content (AvgIpc) is 2.71. The molecule has 0 unspecified atom stereocenters. The third-order valence-corrected chi connectivity index (χ3v) is 4.83. The number of carbonyl (C=O) groups is 1. The van der Waals surface area contributed by atoms with Gasteiger partial charge in [-0.1, -0.05) is 59.1 Å². The van der Waals surface area contributed by atoms with Gasteiger partial charge in [-0.05, 0) is 17.2 Å². The van der Waals surface area contributed by atoms with Gasteiger partial charge in [-0.3, -0.25) is 0 Å². The van der Waals surface area contributed by atoms with Gasteiger partial charge in [0, 0.05) is 12.1 Å². The molecule has 0 radical (unpaired) electrons. The Morgan fingerprint density at radius 1 is 1.12 bits per heavy atom. The fourth-order valence-corrected chi connectivity index (χ4v) is 3.13. The van der Waals surface area contributed by atoms with Crippen molar-refractivity contribution in [2.75, 3.05) is 13.7 Å². The van der Waals surface area contributed by atoms with Crippen molar-refractivity contribution < 1.29 is 37.3 Å². The number of rotatable bonds is 9. The predicted octanol–water partition coefficient (Wildman–Crippen LogP) is 6.71. The summed E-state index contributed by atoms with van der Waals surface area (Å²) in [6.45, 7) is -0.531. The maximum absolute atomic E-state index is 12.4. The molecule has 0 aromatic heterocycles. The van der Waals surface area contributed by atoms with Crippen molar-refractivity contribution in [1.29, 1.82) is 0 Å². The van der Waals surface area contributed by atoms with Crippen LogP contribution in [0.3, 0.4) is 0 Å². The molecule has 0 saturated heterocycles. The Bertz CT molecular complexity index is 1010. The van der Waals surface area contributed by atoms with Crippen molar-refractivity contribution in [2.24, 2.45) is 0 Å². The van der Waals surface area contributed by atoms with Gasteiger partial charge in [0.25, 0.3) is 0 Å². The first-order chi connectivity index (χ1) is 15.0. The summed E-state index contributed by atoms with van der Waals surface area (Å²) in [6.07, 6.45) is -2.92. The lowest BCUT2D eigenvalue weighted by atomic mass is 10.0. The van der Waals surface area contributed by atoms with Crippen LogP contribution >= 0.6 is 34.8 Å². The molecule has 0 fully saturated rings. The second-order valence-corrected chi connectivity index (χ2v) is 7.32. The van der Waals surface area contributed by atoms with Crippen molar-refractivity contribution in [1.82, 2.24) is 0 Å². The molecule has 0 saturated carbocycles. The van der Waals surface area contributed by atoms with Crippen LogP contribution in [0, 0.1) is 0 Å². The summed E-state index contributed by atoms with van der Waals surface area (Å²) in [4.78, 5) is 11.5. The smallest absolute Gasteiger partial charge is 0.426 e. The minimum absolute atomic E-state index is 0.00261. The predicted molar refractivity (Wildman–Crippen MR) is 115 cm³/mol.